The van der Waals surface area contributed by atoms with Crippen LogP contribution < -0.4 is 5.32 Å². The molecule has 1 aromatic carbocycles. The minimum Gasteiger partial charge on any atom is -0.346 e. The molecule has 26 heavy (non-hydrogen) atoms. The zero-order valence-corrected chi connectivity index (χ0v) is 14.9. The zero-order valence-electron chi connectivity index (χ0n) is 14.9. The van der Waals surface area contributed by atoms with Gasteiger partial charge in [-0.1, -0.05) is 23.8 Å². The van der Waals surface area contributed by atoms with Crippen LogP contribution in [0.15, 0.2) is 60.6 Å². The average Bonchev–Trinajstić information content (AvgIpc) is 3.13. The molecule has 0 fully saturated rings. The van der Waals surface area contributed by atoms with Crippen molar-refractivity contribution in [2.75, 3.05) is 0 Å². The van der Waals surface area contributed by atoms with Crippen molar-refractivity contribution in [3.63, 3.8) is 0 Å². The Labute approximate surface area is 152 Å². The Hall–Kier alpha value is -2.95. The molecule has 1 atom stereocenters. The summed E-state index contributed by atoms with van der Waals surface area (Å²) in [6, 6.07) is 9.56. The first kappa shape index (κ1) is 16.5. The quantitative estimate of drug-likeness (QED) is 0.726. The van der Waals surface area contributed by atoms with Crippen molar-refractivity contribution < 1.29 is 4.79 Å². The Kier molecular flexibility index (Phi) is 4.52. The minimum atomic E-state index is -0.0461. The van der Waals surface area contributed by atoms with Gasteiger partial charge in [-0.25, -0.2) is 9.50 Å². The number of amides is 1. The first-order valence-corrected chi connectivity index (χ1v) is 9.11. The summed E-state index contributed by atoms with van der Waals surface area (Å²) in [5.74, 6) is -0.0461. The molecule has 1 aliphatic rings. The highest BCUT2D eigenvalue weighted by Gasteiger charge is 2.16. The highest BCUT2D eigenvalue weighted by Crippen LogP contribution is 2.24. The fourth-order valence-electron chi connectivity index (χ4n) is 3.49. The molecule has 0 spiro atoms. The molecule has 5 heteroatoms. The number of hydrogen-bond donors (Lipinski definition) is 1. The number of rotatable bonds is 4. The van der Waals surface area contributed by atoms with Crippen LogP contribution in [0.4, 0.5) is 0 Å². The third-order valence-corrected chi connectivity index (χ3v) is 4.94. The van der Waals surface area contributed by atoms with Gasteiger partial charge in [-0.2, -0.15) is 5.10 Å². The smallest absolute Gasteiger partial charge is 0.251 e. The molecule has 0 aliphatic heterocycles. The van der Waals surface area contributed by atoms with Gasteiger partial charge in [0, 0.05) is 29.6 Å². The van der Waals surface area contributed by atoms with E-state index >= 15 is 0 Å². The number of hydrogen-bond acceptors (Lipinski definition) is 3. The number of nitrogens with one attached hydrogen (secondary N) is 1. The Bertz CT molecular complexity index is 973. The summed E-state index contributed by atoms with van der Waals surface area (Å²) in [4.78, 5) is 17.1. The van der Waals surface area contributed by atoms with Crippen LogP contribution in [0, 0.1) is 0 Å². The highest BCUT2D eigenvalue weighted by atomic mass is 16.1. The van der Waals surface area contributed by atoms with E-state index in [2.05, 4.69) is 28.4 Å². The number of aromatic nitrogens is 3. The van der Waals surface area contributed by atoms with Crippen LogP contribution in [0.2, 0.25) is 0 Å². The predicted molar refractivity (Wildman–Crippen MR) is 102 cm³/mol. The molecule has 0 radical (unpaired) electrons. The first-order valence-electron chi connectivity index (χ1n) is 9.11. The zero-order chi connectivity index (χ0) is 17.9. The molecular formula is C21H22N4O. The summed E-state index contributed by atoms with van der Waals surface area (Å²) < 4.78 is 1.74. The van der Waals surface area contributed by atoms with Gasteiger partial charge in [-0.3, -0.25) is 4.79 Å². The van der Waals surface area contributed by atoms with Gasteiger partial charge in [-0.05, 0) is 56.4 Å². The molecule has 132 valence electrons. The molecule has 1 amide bonds. The van der Waals surface area contributed by atoms with Crippen molar-refractivity contribution in [1.29, 1.82) is 0 Å². The lowest BCUT2D eigenvalue weighted by Crippen LogP contribution is -2.34. The number of benzene rings is 1. The maximum atomic E-state index is 12.7. The summed E-state index contributed by atoms with van der Waals surface area (Å²) in [5, 5.41) is 7.46. The summed E-state index contributed by atoms with van der Waals surface area (Å²) >= 11 is 0. The number of nitrogens with zero attached hydrogens (tertiary/aromatic N) is 3. The van der Waals surface area contributed by atoms with E-state index in [-0.39, 0.29) is 11.9 Å². The topological polar surface area (TPSA) is 59.3 Å². The van der Waals surface area contributed by atoms with Crippen molar-refractivity contribution in [2.24, 2.45) is 0 Å². The molecule has 0 saturated heterocycles. The Morgan fingerprint density at radius 1 is 1.27 bits per heavy atom. The van der Waals surface area contributed by atoms with Gasteiger partial charge in [0.05, 0.1) is 6.20 Å². The van der Waals surface area contributed by atoms with Gasteiger partial charge >= 0.3 is 0 Å². The third kappa shape index (κ3) is 3.25. The van der Waals surface area contributed by atoms with Gasteiger partial charge in [0.15, 0.2) is 5.65 Å². The maximum absolute atomic E-state index is 12.7. The summed E-state index contributed by atoms with van der Waals surface area (Å²) in [6.45, 7) is 2.06. The van der Waals surface area contributed by atoms with Crippen LogP contribution >= 0.6 is 0 Å². The van der Waals surface area contributed by atoms with Gasteiger partial charge < -0.3 is 5.32 Å². The lowest BCUT2D eigenvalue weighted by atomic mass is 9.94. The summed E-state index contributed by atoms with van der Waals surface area (Å²) in [6.07, 6.45) is 12.3. The van der Waals surface area contributed by atoms with Crippen LogP contribution in [-0.2, 0) is 0 Å². The molecule has 2 heterocycles. The van der Waals surface area contributed by atoms with E-state index in [0.29, 0.717) is 5.56 Å². The van der Waals surface area contributed by atoms with Gasteiger partial charge in [-0.15, -0.1) is 0 Å². The molecule has 3 aromatic rings. The minimum absolute atomic E-state index is 0.0461. The first-order chi connectivity index (χ1) is 12.7. The van der Waals surface area contributed by atoms with Crippen molar-refractivity contribution in [1.82, 2.24) is 19.9 Å². The van der Waals surface area contributed by atoms with Crippen LogP contribution in [-0.4, -0.2) is 26.5 Å². The second-order valence-corrected chi connectivity index (χ2v) is 6.75. The molecule has 4 rings (SSSR count). The monoisotopic (exact) mass is 346 g/mol. The molecule has 1 aliphatic carbocycles. The van der Waals surface area contributed by atoms with Crippen LogP contribution in [0.25, 0.3) is 16.8 Å². The Morgan fingerprint density at radius 2 is 2.19 bits per heavy atom. The summed E-state index contributed by atoms with van der Waals surface area (Å²) in [5.41, 5.74) is 4.64. The molecule has 1 N–H and O–H groups in total. The average molecular weight is 346 g/mol. The van der Waals surface area contributed by atoms with Gasteiger partial charge in [0.2, 0.25) is 0 Å². The molecule has 1 unspecified atom stereocenters. The van der Waals surface area contributed by atoms with Crippen LogP contribution in [0.1, 0.15) is 43.0 Å². The van der Waals surface area contributed by atoms with E-state index in [1.165, 1.54) is 18.4 Å². The van der Waals surface area contributed by atoms with Crippen LogP contribution in [0.3, 0.4) is 0 Å². The molecular weight excluding hydrogens is 324 g/mol. The third-order valence-electron chi connectivity index (χ3n) is 4.94. The van der Waals surface area contributed by atoms with E-state index in [4.69, 9.17) is 0 Å². The van der Waals surface area contributed by atoms with Crippen LogP contribution in [0.5, 0.6) is 0 Å². The number of allylic oxidation sites excluding steroid dienone is 1. The fraction of sp³-hybridized carbons (Fsp3) is 0.286. The largest absolute Gasteiger partial charge is 0.346 e. The lowest BCUT2D eigenvalue weighted by molar-refractivity contribution is 0.0944. The fourth-order valence-corrected chi connectivity index (χ4v) is 3.49. The van der Waals surface area contributed by atoms with E-state index in [1.807, 2.05) is 36.5 Å². The molecule has 2 aromatic heterocycles. The normalized spacial score (nSPS) is 15.5. The molecule has 0 saturated carbocycles. The van der Waals surface area contributed by atoms with Crippen molar-refractivity contribution in [2.45, 2.75) is 38.6 Å². The van der Waals surface area contributed by atoms with Crippen molar-refractivity contribution in [3.05, 3.63) is 66.1 Å². The van der Waals surface area contributed by atoms with E-state index in [1.54, 1.807) is 16.9 Å². The van der Waals surface area contributed by atoms with E-state index in [9.17, 15) is 4.79 Å². The number of carbonyl (C=O) groups is 1. The predicted octanol–water partition coefficient (Wildman–Crippen LogP) is 4.02. The van der Waals surface area contributed by atoms with Crippen molar-refractivity contribution in [3.8, 4) is 11.1 Å². The Balaban J connectivity index is 1.57. The molecule has 5 nitrogen and oxygen atoms in total. The Morgan fingerprint density at radius 3 is 3.04 bits per heavy atom. The van der Waals surface area contributed by atoms with Crippen molar-refractivity contribution >= 4 is 11.6 Å². The second-order valence-electron chi connectivity index (χ2n) is 6.75. The number of fused-ring (bicyclic) bond motifs is 1. The highest BCUT2D eigenvalue weighted by molar-refractivity contribution is 5.96. The van der Waals surface area contributed by atoms with Gasteiger partial charge in [0.25, 0.3) is 5.91 Å². The van der Waals surface area contributed by atoms with E-state index < -0.39 is 0 Å². The van der Waals surface area contributed by atoms with E-state index in [0.717, 1.165) is 29.6 Å². The summed E-state index contributed by atoms with van der Waals surface area (Å²) in [7, 11) is 0. The van der Waals surface area contributed by atoms with Gasteiger partial charge in [0.1, 0.15) is 0 Å². The second kappa shape index (κ2) is 7.12. The SMILES string of the molecule is CC(NC(=O)c1cccc(-c2cnn3cccnc23)c1)C1=CCCCC1. The number of carbonyl (C=O) groups excluding carboxylic acids is 1. The molecule has 0 bridgehead atoms. The standard InChI is InChI=1S/C21H22N4O/c1-15(16-7-3-2-4-8-16)24-21(26)18-10-5-9-17(13-18)19-14-23-25-12-6-11-22-20(19)25/h5-7,9-15H,2-4,8H2,1H3,(H,24,26). The lowest BCUT2D eigenvalue weighted by Gasteiger charge is -2.21. The maximum Gasteiger partial charge on any atom is 0.251 e.